The number of carbonyl (C=O) groups excluding carboxylic acids is 1. The summed E-state index contributed by atoms with van der Waals surface area (Å²) in [6.45, 7) is -0.470. The van der Waals surface area contributed by atoms with E-state index in [1.807, 2.05) is 0 Å². The summed E-state index contributed by atoms with van der Waals surface area (Å²) >= 11 is 5.84. The Bertz CT molecular complexity index is 1300. The molecule has 0 aliphatic rings. The molecule has 3 aromatic rings. The molecule has 0 bridgehead atoms. The van der Waals surface area contributed by atoms with E-state index in [-0.39, 0.29) is 16.4 Å². The quantitative estimate of drug-likeness (QED) is 0.496. The second-order valence-electron chi connectivity index (χ2n) is 6.64. The molecule has 32 heavy (non-hydrogen) atoms. The van der Waals surface area contributed by atoms with Crippen LogP contribution in [0.3, 0.4) is 0 Å². The van der Waals surface area contributed by atoms with E-state index < -0.39 is 32.5 Å². The zero-order chi connectivity index (χ0) is 23.4. The van der Waals surface area contributed by atoms with Crippen LogP contribution in [0.5, 0.6) is 0 Å². The van der Waals surface area contributed by atoms with Gasteiger partial charge in [-0.25, -0.2) is 21.8 Å². The van der Waals surface area contributed by atoms with Gasteiger partial charge in [0.1, 0.15) is 12.4 Å². The van der Waals surface area contributed by atoms with Crippen molar-refractivity contribution in [1.82, 2.24) is 4.98 Å². The van der Waals surface area contributed by atoms with Crippen molar-refractivity contribution < 1.29 is 21.6 Å². The summed E-state index contributed by atoms with van der Waals surface area (Å²) in [5.74, 6) is -0.430. The first-order valence-electron chi connectivity index (χ1n) is 9.12. The van der Waals surface area contributed by atoms with Crippen LogP contribution in [0.2, 0.25) is 5.02 Å². The predicted molar refractivity (Wildman–Crippen MR) is 124 cm³/mol. The maximum atomic E-state index is 12.5. The monoisotopic (exact) mass is 494 g/mol. The number of nitrogens with zero attached hydrogens (tertiary/aromatic N) is 2. The molecule has 12 heteroatoms. The molecule has 0 saturated carbocycles. The van der Waals surface area contributed by atoms with Crippen LogP contribution >= 0.6 is 11.6 Å². The number of carbonyl (C=O) groups is 1. The second-order valence-corrected chi connectivity index (χ2v) is 10.7. The van der Waals surface area contributed by atoms with E-state index in [1.54, 1.807) is 12.1 Å². The Kier molecular flexibility index (Phi) is 7.02. The average molecular weight is 495 g/mol. The van der Waals surface area contributed by atoms with Crippen LogP contribution in [-0.4, -0.2) is 40.5 Å². The standard InChI is InChI=1S/C20H19ClN4O5S2/c1-31(27,28)25(17-9-5-15(21)6-10-17)14-20(26)23-16-7-11-18(12-8-16)32(29,30)24-19-4-2-3-13-22-19/h2-13H,14H2,1H3,(H,22,24)(H,23,26). The van der Waals surface area contributed by atoms with Gasteiger partial charge in [-0.3, -0.25) is 13.8 Å². The summed E-state index contributed by atoms with van der Waals surface area (Å²) in [6, 6.07) is 16.3. The minimum absolute atomic E-state index is 0.0277. The van der Waals surface area contributed by atoms with Gasteiger partial charge in [-0.15, -0.1) is 0 Å². The van der Waals surface area contributed by atoms with Gasteiger partial charge in [-0.1, -0.05) is 17.7 Å². The highest BCUT2D eigenvalue weighted by molar-refractivity contribution is 7.92. The zero-order valence-corrected chi connectivity index (χ0v) is 19.2. The minimum atomic E-state index is -3.86. The molecular formula is C20H19ClN4O5S2. The first-order valence-corrected chi connectivity index (χ1v) is 12.8. The number of aromatic nitrogens is 1. The molecule has 1 heterocycles. The fourth-order valence-corrected chi connectivity index (χ4v) is 4.67. The van der Waals surface area contributed by atoms with E-state index in [0.29, 0.717) is 10.7 Å². The van der Waals surface area contributed by atoms with Gasteiger partial charge in [0.15, 0.2) is 0 Å². The van der Waals surface area contributed by atoms with Gasteiger partial charge in [-0.2, -0.15) is 0 Å². The van der Waals surface area contributed by atoms with Gasteiger partial charge >= 0.3 is 0 Å². The summed E-state index contributed by atoms with van der Waals surface area (Å²) in [4.78, 5) is 16.3. The number of benzene rings is 2. The lowest BCUT2D eigenvalue weighted by molar-refractivity contribution is -0.114. The van der Waals surface area contributed by atoms with Crippen LogP contribution in [0, 0.1) is 0 Å². The molecule has 2 N–H and O–H groups in total. The third-order valence-corrected chi connectivity index (χ3v) is 6.92. The third kappa shape index (κ3) is 6.19. The molecule has 0 aliphatic heterocycles. The van der Waals surface area contributed by atoms with Gasteiger partial charge in [0.05, 0.1) is 16.8 Å². The second kappa shape index (κ2) is 9.55. The topological polar surface area (TPSA) is 126 Å². The van der Waals surface area contributed by atoms with Crippen LogP contribution < -0.4 is 14.3 Å². The summed E-state index contributed by atoms with van der Waals surface area (Å²) in [5.41, 5.74) is 0.588. The number of sulfonamides is 2. The summed E-state index contributed by atoms with van der Waals surface area (Å²) in [6.07, 6.45) is 2.45. The molecule has 0 aliphatic carbocycles. The molecule has 168 valence electrons. The van der Waals surface area contributed by atoms with Crippen LogP contribution in [-0.2, 0) is 24.8 Å². The molecule has 0 unspecified atom stereocenters. The van der Waals surface area contributed by atoms with Crippen LogP contribution in [0.4, 0.5) is 17.2 Å². The molecule has 1 aromatic heterocycles. The Morgan fingerprint density at radius 1 is 0.969 bits per heavy atom. The van der Waals surface area contributed by atoms with Crippen LogP contribution in [0.1, 0.15) is 0 Å². The van der Waals surface area contributed by atoms with Crippen molar-refractivity contribution in [3.05, 3.63) is 77.9 Å². The van der Waals surface area contributed by atoms with E-state index in [2.05, 4.69) is 15.0 Å². The Morgan fingerprint density at radius 2 is 1.62 bits per heavy atom. The van der Waals surface area contributed by atoms with Gasteiger partial charge < -0.3 is 5.32 Å². The molecular weight excluding hydrogens is 476 g/mol. The molecule has 0 atom stereocenters. The molecule has 1 amide bonds. The molecule has 0 spiro atoms. The number of pyridine rings is 1. The fraction of sp³-hybridized carbons (Fsp3) is 0.100. The van der Waals surface area contributed by atoms with Crippen molar-refractivity contribution in [3.8, 4) is 0 Å². The summed E-state index contributed by atoms with van der Waals surface area (Å²) < 4.78 is 52.5. The van der Waals surface area contributed by atoms with Crippen molar-refractivity contribution in [2.24, 2.45) is 0 Å². The fourth-order valence-electron chi connectivity index (χ4n) is 2.68. The maximum absolute atomic E-state index is 12.5. The molecule has 3 rings (SSSR count). The highest BCUT2D eigenvalue weighted by atomic mass is 35.5. The Hall–Kier alpha value is -3.15. The smallest absolute Gasteiger partial charge is 0.263 e. The maximum Gasteiger partial charge on any atom is 0.263 e. The highest BCUT2D eigenvalue weighted by Crippen LogP contribution is 2.21. The largest absolute Gasteiger partial charge is 0.325 e. The summed E-state index contributed by atoms with van der Waals surface area (Å²) in [7, 11) is -7.60. The first kappa shape index (κ1) is 23.5. The SMILES string of the molecule is CS(=O)(=O)N(CC(=O)Nc1ccc(S(=O)(=O)Nc2ccccn2)cc1)c1ccc(Cl)cc1. The van der Waals surface area contributed by atoms with E-state index in [4.69, 9.17) is 11.6 Å². The number of rotatable bonds is 8. The van der Waals surface area contributed by atoms with Crippen molar-refractivity contribution in [2.75, 3.05) is 27.1 Å². The predicted octanol–water partition coefficient (Wildman–Crippen LogP) is 2.94. The van der Waals surface area contributed by atoms with Gasteiger partial charge in [0, 0.05) is 16.9 Å². The van der Waals surface area contributed by atoms with Crippen molar-refractivity contribution in [3.63, 3.8) is 0 Å². The van der Waals surface area contributed by atoms with Crippen LogP contribution in [0.25, 0.3) is 0 Å². The van der Waals surface area contributed by atoms with E-state index >= 15 is 0 Å². The number of hydrogen-bond donors (Lipinski definition) is 2. The lowest BCUT2D eigenvalue weighted by Crippen LogP contribution is -2.37. The highest BCUT2D eigenvalue weighted by Gasteiger charge is 2.21. The number of nitrogens with one attached hydrogen (secondary N) is 2. The van der Waals surface area contributed by atoms with E-state index in [1.165, 1.54) is 60.8 Å². The molecule has 0 saturated heterocycles. The van der Waals surface area contributed by atoms with Gasteiger partial charge in [0.25, 0.3) is 10.0 Å². The first-order chi connectivity index (χ1) is 15.0. The van der Waals surface area contributed by atoms with Crippen molar-refractivity contribution in [2.45, 2.75) is 4.90 Å². The lowest BCUT2D eigenvalue weighted by Gasteiger charge is -2.22. The zero-order valence-electron chi connectivity index (χ0n) is 16.8. The van der Waals surface area contributed by atoms with Gasteiger partial charge in [0.2, 0.25) is 15.9 Å². The molecule has 0 radical (unpaired) electrons. The lowest BCUT2D eigenvalue weighted by atomic mass is 10.3. The number of amides is 1. The third-order valence-electron chi connectivity index (χ3n) is 4.15. The Labute approximate surface area is 191 Å². The van der Waals surface area contributed by atoms with E-state index in [0.717, 1.165) is 10.6 Å². The summed E-state index contributed by atoms with van der Waals surface area (Å²) in [5, 5.41) is 2.99. The van der Waals surface area contributed by atoms with E-state index in [9.17, 15) is 21.6 Å². The molecule has 9 nitrogen and oxygen atoms in total. The number of halogens is 1. The number of hydrogen-bond acceptors (Lipinski definition) is 6. The molecule has 2 aromatic carbocycles. The molecule has 0 fully saturated rings. The minimum Gasteiger partial charge on any atom is -0.325 e. The van der Waals surface area contributed by atoms with Crippen molar-refractivity contribution in [1.29, 1.82) is 0 Å². The Morgan fingerprint density at radius 3 is 2.19 bits per heavy atom. The van der Waals surface area contributed by atoms with Gasteiger partial charge in [-0.05, 0) is 60.7 Å². The number of anilines is 3. The Balaban J connectivity index is 1.70. The average Bonchev–Trinajstić information content (AvgIpc) is 2.73. The van der Waals surface area contributed by atoms with Crippen molar-refractivity contribution >= 4 is 54.7 Å². The van der Waals surface area contributed by atoms with Crippen LogP contribution in [0.15, 0.2) is 77.8 Å². The normalized spacial score (nSPS) is 11.6.